The normalized spacial score (nSPS) is 15.7. The number of methoxy groups -OCH3 is 1. The molecule has 6 heteroatoms. The van der Waals surface area contributed by atoms with Crippen molar-refractivity contribution in [1.29, 1.82) is 0 Å². The van der Waals surface area contributed by atoms with Crippen molar-refractivity contribution in [3.8, 4) is 5.75 Å². The lowest BCUT2D eigenvalue weighted by molar-refractivity contribution is -0.134. The first kappa shape index (κ1) is 16.6. The summed E-state index contributed by atoms with van der Waals surface area (Å²) in [6, 6.07) is 3.58. The molecular weight excluding hydrogens is 304 g/mol. The predicted molar refractivity (Wildman–Crippen MR) is 84.9 cm³/mol. The lowest BCUT2D eigenvalue weighted by Gasteiger charge is -2.30. The number of carbonyl (C=O) groups is 2. The third kappa shape index (κ3) is 3.71. The minimum atomic E-state index is -0.278. The molecule has 1 aliphatic heterocycles. The van der Waals surface area contributed by atoms with Crippen molar-refractivity contribution < 1.29 is 14.3 Å². The van der Waals surface area contributed by atoms with Gasteiger partial charge in [0.15, 0.2) is 0 Å². The summed E-state index contributed by atoms with van der Waals surface area (Å²) in [5.74, 6) is 0.318. The van der Waals surface area contributed by atoms with Crippen molar-refractivity contribution in [2.45, 2.75) is 26.2 Å². The summed E-state index contributed by atoms with van der Waals surface area (Å²) in [7, 11) is 1.59. The van der Waals surface area contributed by atoms with Gasteiger partial charge in [-0.1, -0.05) is 11.6 Å². The molecule has 2 rings (SSSR count). The maximum Gasteiger partial charge on any atom is 0.227 e. The minimum absolute atomic E-state index is 0.0166. The molecule has 1 aromatic rings. The molecule has 0 atom stereocenters. The Kier molecular flexibility index (Phi) is 5.29. The zero-order valence-corrected chi connectivity index (χ0v) is 13.7. The third-order valence-electron chi connectivity index (χ3n) is 4.11. The minimum Gasteiger partial charge on any atom is -0.496 e. The topological polar surface area (TPSA) is 72.6 Å². The van der Waals surface area contributed by atoms with Crippen LogP contribution in [0.2, 0.25) is 5.02 Å². The number of hydrogen-bond acceptors (Lipinski definition) is 3. The van der Waals surface area contributed by atoms with E-state index in [4.69, 9.17) is 22.1 Å². The number of nitrogens with two attached hydrogens (primary N) is 1. The van der Waals surface area contributed by atoms with Crippen molar-refractivity contribution >= 4 is 23.4 Å². The van der Waals surface area contributed by atoms with Gasteiger partial charge in [0.1, 0.15) is 5.75 Å². The SMILES string of the molecule is COc1c(C)cc(Cl)cc1CC(=O)N1CCC(C(N)=O)CC1. The summed E-state index contributed by atoms with van der Waals surface area (Å²) in [6.07, 6.45) is 1.51. The molecular formula is C16H21ClN2O3. The van der Waals surface area contributed by atoms with Gasteiger partial charge in [0.05, 0.1) is 13.5 Å². The number of likely N-dealkylation sites (tertiary alicyclic amines) is 1. The average Bonchev–Trinajstić information content (AvgIpc) is 2.47. The number of primary amides is 1. The number of piperidine rings is 1. The number of halogens is 1. The Morgan fingerprint density at radius 3 is 2.55 bits per heavy atom. The molecule has 1 saturated heterocycles. The van der Waals surface area contributed by atoms with Crippen LogP contribution in [-0.2, 0) is 16.0 Å². The first-order chi connectivity index (χ1) is 10.4. The highest BCUT2D eigenvalue weighted by molar-refractivity contribution is 6.30. The smallest absolute Gasteiger partial charge is 0.227 e. The van der Waals surface area contributed by atoms with E-state index in [1.807, 2.05) is 13.0 Å². The van der Waals surface area contributed by atoms with Gasteiger partial charge in [-0.05, 0) is 37.5 Å². The van der Waals surface area contributed by atoms with E-state index in [1.54, 1.807) is 18.1 Å². The van der Waals surface area contributed by atoms with E-state index >= 15 is 0 Å². The number of aryl methyl sites for hydroxylation is 1. The molecule has 0 unspecified atom stereocenters. The van der Waals surface area contributed by atoms with Gasteiger partial charge in [0.25, 0.3) is 0 Å². The van der Waals surface area contributed by atoms with Crippen molar-refractivity contribution in [1.82, 2.24) is 4.90 Å². The monoisotopic (exact) mass is 324 g/mol. The summed E-state index contributed by atoms with van der Waals surface area (Å²) < 4.78 is 5.38. The summed E-state index contributed by atoms with van der Waals surface area (Å²) in [4.78, 5) is 25.4. The van der Waals surface area contributed by atoms with Crippen LogP contribution in [0.4, 0.5) is 0 Å². The Balaban J connectivity index is 2.05. The van der Waals surface area contributed by atoms with Crippen LogP contribution in [0, 0.1) is 12.8 Å². The standard InChI is InChI=1S/C16H21ClN2O3/c1-10-7-13(17)8-12(15(10)22-2)9-14(20)19-5-3-11(4-6-19)16(18)21/h7-8,11H,3-6,9H2,1-2H3,(H2,18,21). The molecule has 0 radical (unpaired) electrons. The molecule has 0 saturated carbocycles. The van der Waals surface area contributed by atoms with E-state index in [2.05, 4.69) is 0 Å². The average molecular weight is 325 g/mol. The molecule has 1 fully saturated rings. The first-order valence-corrected chi connectivity index (χ1v) is 7.70. The molecule has 1 heterocycles. The fraction of sp³-hybridized carbons (Fsp3) is 0.500. The summed E-state index contributed by atoms with van der Waals surface area (Å²) in [5, 5.41) is 0.591. The second-order valence-corrected chi connectivity index (χ2v) is 6.09. The molecule has 1 aromatic carbocycles. The summed E-state index contributed by atoms with van der Waals surface area (Å²) >= 11 is 6.07. The van der Waals surface area contributed by atoms with Gasteiger partial charge in [-0.25, -0.2) is 0 Å². The van der Waals surface area contributed by atoms with E-state index in [0.29, 0.717) is 36.7 Å². The van der Waals surface area contributed by atoms with E-state index in [9.17, 15) is 9.59 Å². The van der Waals surface area contributed by atoms with Gasteiger partial charge in [-0.3, -0.25) is 9.59 Å². The first-order valence-electron chi connectivity index (χ1n) is 7.32. The van der Waals surface area contributed by atoms with Gasteiger partial charge in [-0.2, -0.15) is 0 Å². The lowest BCUT2D eigenvalue weighted by Crippen LogP contribution is -2.42. The fourth-order valence-corrected chi connectivity index (χ4v) is 3.21. The molecule has 0 aliphatic carbocycles. The number of benzene rings is 1. The third-order valence-corrected chi connectivity index (χ3v) is 4.33. The summed E-state index contributed by atoms with van der Waals surface area (Å²) in [5.41, 5.74) is 7.00. The van der Waals surface area contributed by atoms with Gasteiger partial charge < -0.3 is 15.4 Å². The van der Waals surface area contributed by atoms with E-state index in [0.717, 1.165) is 11.1 Å². The number of ether oxygens (including phenoxy) is 1. The van der Waals surface area contributed by atoms with Crippen LogP contribution >= 0.6 is 11.6 Å². The van der Waals surface area contributed by atoms with Crippen molar-refractivity contribution in [3.05, 3.63) is 28.3 Å². The van der Waals surface area contributed by atoms with Gasteiger partial charge in [-0.15, -0.1) is 0 Å². The van der Waals surface area contributed by atoms with Crippen molar-refractivity contribution in [3.63, 3.8) is 0 Å². The number of nitrogens with zero attached hydrogens (tertiary/aromatic N) is 1. The summed E-state index contributed by atoms with van der Waals surface area (Å²) in [6.45, 7) is 3.03. The van der Waals surface area contributed by atoms with Gasteiger partial charge >= 0.3 is 0 Å². The molecule has 0 spiro atoms. The van der Waals surface area contributed by atoms with Crippen LogP contribution in [0.3, 0.4) is 0 Å². The molecule has 2 N–H and O–H groups in total. The van der Waals surface area contributed by atoms with Crippen LogP contribution < -0.4 is 10.5 Å². The number of rotatable bonds is 4. The Morgan fingerprint density at radius 2 is 2.00 bits per heavy atom. The molecule has 2 amide bonds. The Morgan fingerprint density at radius 1 is 1.36 bits per heavy atom. The lowest BCUT2D eigenvalue weighted by atomic mass is 9.95. The van der Waals surface area contributed by atoms with E-state index < -0.39 is 0 Å². The number of amides is 2. The Bertz CT molecular complexity index is 581. The molecule has 0 bridgehead atoms. The van der Waals surface area contributed by atoms with Crippen LogP contribution in [0.25, 0.3) is 0 Å². The maximum absolute atomic E-state index is 12.4. The highest BCUT2D eigenvalue weighted by Crippen LogP contribution is 2.28. The van der Waals surface area contributed by atoms with Crippen LogP contribution in [-0.4, -0.2) is 36.9 Å². The molecule has 5 nitrogen and oxygen atoms in total. The van der Waals surface area contributed by atoms with E-state index in [1.165, 1.54) is 0 Å². The fourth-order valence-electron chi connectivity index (χ4n) is 2.91. The Hall–Kier alpha value is -1.75. The van der Waals surface area contributed by atoms with Crippen LogP contribution in [0.15, 0.2) is 12.1 Å². The highest BCUT2D eigenvalue weighted by atomic mass is 35.5. The Labute approximate surface area is 135 Å². The quantitative estimate of drug-likeness (QED) is 0.919. The predicted octanol–water partition coefficient (Wildman–Crippen LogP) is 1.92. The highest BCUT2D eigenvalue weighted by Gasteiger charge is 2.26. The van der Waals surface area contributed by atoms with Crippen LogP contribution in [0.1, 0.15) is 24.0 Å². The van der Waals surface area contributed by atoms with Gasteiger partial charge in [0, 0.05) is 29.6 Å². The molecule has 1 aliphatic rings. The number of hydrogen-bond donors (Lipinski definition) is 1. The second kappa shape index (κ2) is 7.01. The number of carbonyl (C=O) groups excluding carboxylic acids is 2. The largest absolute Gasteiger partial charge is 0.496 e. The van der Waals surface area contributed by atoms with Crippen molar-refractivity contribution in [2.24, 2.45) is 11.7 Å². The van der Waals surface area contributed by atoms with Crippen molar-refractivity contribution in [2.75, 3.05) is 20.2 Å². The van der Waals surface area contributed by atoms with Gasteiger partial charge in [0.2, 0.25) is 11.8 Å². The second-order valence-electron chi connectivity index (χ2n) is 5.65. The maximum atomic E-state index is 12.4. The molecule has 0 aromatic heterocycles. The molecule has 22 heavy (non-hydrogen) atoms. The zero-order valence-electron chi connectivity index (χ0n) is 12.9. The van der Waals surface area contributed by atoms with Crippen LogP contribution in [0.5, 0.6) is 5.75 Å². The molecule has 120 valence electrons. The van der Waals surface area contributed by atoms with E-state index in [-0.39, 0.29) is 24.2 Å². The zero-order chi connectivity index (χ0) is 16.3.